The highest BCUT2D eigenvalue weighted by atomic mass is 16.5. The number of aromatic nitrogens is 2. The Morgan fingerprint density at radius 2 is 1.78 bits per heavy atom. The molecule has 0 aliphatic carbocycles. The van der Waals surface area contributed by atoms with Gasteiger partial charge in [0, 0.05) is 12.1 Å². The Bertz CT molecular complexity index is 1410. The van der Waals surface area contributed by atoms with Gasteiger partial charge in [0.2, 0.25) is 5.91 Å². The summed E-state index contributed by atoms with van der Waals surface area (Å²) >= 11 is 0. The molecule has 5 rings (SSSR count). The minimum Gasteiger partial charge on any atom is -0.453 e. The number of imidazole rings is 1. The van der Waals surface area contributed by atoms with Gasteiger partial charge in [-0.3, -0.25) is 4.79 Å². The van der Waals surface area contributed by atoms with Crippen LogP contribution in [0.1, 0.15) is 30.3 Å². The summed E-state index contributed by atoms with van der Waals surface area (Å²) in [6.07, 6.45) is 2.92. The minimum absolute atomic E-state index is 0.0971. The number of likely N-dealkylation sites (tertiary alicyclic amines) is 1. The Labute approximate surface area is 216 Å². The normalized spacial score (nSPS) is 15.0. The second-order valence-electron chi connectivity index (χ2n) is 9.25. The third-order valence-corrected chi connectivity index (χ3v) is 6.88. The van der Waals surface area contributed by atoms with Crippen molar-refractivity contribution in [1.82, 2.24) is 20.2 Å². The average molecular weight is 495 g/mol. The van der Waals surface area contributed by atoms with Crippen LogP contribution in [-0.4, -0.2) is 47.1 Å². The molecule has 1 atom stereocenters. The molecule has 2 amide bonds. The minimum atomic E-state index is -0.617. The highest BCUT2D eigenvalue weighted by Gasteiger charge is 2.32. The van der Waals surface area contributed by atoms with E-state index in [0.717, 1.165) is 41.1 Å². The van der Waals surface area contributed by atoms with Gasteiger partial charge in [0.15, 0.2) is 0 Å². The van der Waals surface area contributed by atoms with E-state index in [4.69, 9.17) is 0 Å². The van der Waals surface area contributed by atoms with E-state index in [2.05, 4.69) is 93.7 Å². The fraction of sp³-hybridized carbons (Fsp3) is 0.233. The SMILES string of the molecule is COC(=O)NCC(=O)N1CCC[C@H]1c1ncc(-c2ccc(C)c(-c3cccc(-c4ccccc4)c3)c2)[nH]1. The molecule has 0 unspecified atom stereocenters. The van der Waals surface area contributed by atoms with Gasteiger partial charge in [0.05, 0.1) is 25.0 Å². The van der Waals surface area contributed by atoms with E-state index in [0.29, 0.717) is 6.54 Å². The zero-order chi connectivity index (χ0) is 25.8. The smallest absolute Gasteiger partial charge is 0.407 e. The van der Waals surface area contributed by atoms with Crippen LogP contribution in [0, 0.1) is 6.92 Å². The molecule has 1 aromatic heterocycles. The molecular weight excluding hydrogens is 464 g/mol. The number of H-pyrrole nitrogens is 1. The number of hydrogen-bond acceptors (Lipinski definition) is 4. The standard InChI is InChI=1S/C30H30N4O3/c1-20-13-14-24(17-25(20)23-11-6-10-22(16-23)21-8-4-3-5-9-21)26-18-31-29(33-26)27-12-7-15-34(27)28(35)19-32-30(36)37-2/h3-6,8-11,13-14,16-18,27H,7,12,15,19H2,1-2H3,(H,31,33)(H,32,36)/t27-/m0/s1. The third kappa shape index (κ3) is 5.26. The summed E-state index contributed by atoms with van der Waals surface area (Å²) < 4.78 is 4.57. The van der Waals surface area contributed by atoms with Crippen molar-refractivity contribution < 1.29 is 14.3 Å². The van der Waals surface area contributed by atoms with Crippen molar-refractivity contribution in [3.05, 3.63) is 90.4 Å². The molecule has 37 heavy (non-hydrogen) atoms. The van der Waals surface area contributed by atoms with E-state index in [9.17, 15) is 9.59 Å². The van der Waals surface area contributed by atoms with Crippen molar-refractivity contribution in [2.45, 2.75) is 25.8 Å². The molecule has 3 aromatic carbocycles. The number of ether oxygens (including phenoxy) is 1. The summed E-state index contributed by atoms with van der Waals surface area (Å²) in [4.78, 5) is 33.9. The van der Waals surface area contributed by atoms with E-state index >= 15 is 0 Å². The van der Waals surface area contributed by atoms with Crippen LogP contribution in [-0.2, 0) is 9.53 Å². The molecule has 188 valence electrons. The Hall–Kier alpha value is -4.39. The molecule has 2 heterocycles. The zero-order valence-electron chi connectivity index (χ0n) is 21.0. The average Bonchev–Trinajstić information content (AvgIpc) is 3.62. The number of carbonyl (C=O) groups excluding carboxylic acids is 2. The Morgan fingerprint density at radius 1 is 1.00 bits per heavy atom. The first-order chi connectivity index (χ1) is 18.0. The van der Waals surface area contributed by atoms with Crippen molar-refractivity contribution in [2.75, 3.05) is 20.2 Å². The largest absolute Gasteiger partial charge is 0.453 e. The molecule has 1 saturated heterocycles. The Balaban J connectivity index is 1.38. The third-order valence-electron chi connectivity index (χ3n) is 6.88. The number of nitrogens with zero attached hydrogens (tertiary/aromatic N) is 2. The number of rotatable bonds is 6. The molecule has 1 aliphatic rings. The monoisotopic (exact) mass is 494 g/mol. The van der Waals surface area contributed by atoms with Crippen LogP contribution in [0.25, 0.3) is 33.5 Å². The van der Waals surface area contributed by atoms with Crippen LogP contribution >= 0.6 is 0 Å². The van der Waals surface area contributed by atoms with Crippen molar-refractivity contribution in [3.63, 3.8) is 0 Å². The summed E-state index contributed by atoms with van der Waals surface area (Å²) in [5.41, 5.74) is 7.83. The summed E-state index contributed by atoms with van der Waals surface area (Å²) in [5.74, 6) is 0.605. The predicted molar refractivity (Wildman–Crippen MR) is 144 cm³/mol. The van der Waals surface area contributed by atoms with Gasteiger partial charge in [0.25, 0.3) is 0 Å². The van der Waals surface area contributed by atoms with Crippen LogP contribution in [0.3, 0.4) is 0 Å². The van der Waals surface area contributed by atoms with E-state index in [1.807, 2.05) is 12.3 Å². The number of methoxy groups -OCH3 is 1. The van der Waals surface area contributed by atoms with E-state index < -0.39 is 6.09 Å². The molecule has 1 aliphatic heterocycles. The molecular formula is C30H30N4O3. The first kappa shape index (κ1) is 24.3. The van der Waals surface area contributed by atoms with Gasteiger partial charge in [-0.2, -0.15) is 0 Å². The van der Waals surface area contributed by atoms with Gasteiger partial charge in [-0.15, -0.1) is 0 Å². The first-order valence-corrected chi connectivity index (χ1v) is 12.5. The van der Waals surface area contributed by atoms with Crippen LogP contribution in [0.2, 0.25) is 0 Å². The second-order valence-corrected chi connectivity index (χ2v) is 9.25. The Kier molecular flexibility index (Phi) is 7.03. The van der Waals surface area contributed by atoms with Crippen LogP contribution < -0.4 is 5.32 Å². The predicted octanol–water partition coefficient (Wildman–Crippen LogP) is 5.74. The van der Waals surface area contributed by atoms with E-state index in [-0.39, 0.29) is 18.5 Å². The molecule has 7 heteroatoms. The molecule has 0 bridgehead atoms. The molecule has 0 radical (unpaired) electrons. The highest BCUT2D eigenvalue weighted by Crippen LogP contribution is 2.34. The molecule has 1 fully saturated rings. The topological polar surface area (TPSA) is 87.3 Å². The molecule has 7 nitrogen and oxygen atoms in total. The number of hydrogen-bond donors (Lipinski definition) is 2. The number of alkyl carbamates (subject to hydrolysis) is 1. The number of nitrogens with one attached hydrogen (secondary N) is 2. The van der Waals surface area contributed by atoms with Crippen LogP contribution in [0.15, 0.2) is 79.0 Å². The maximum Gasteiger partial charge on any atom is 0.407 e. The quantitative estimate of drug-likeness (QED) is 0.358. The number of aromatic amines is 1. The van der Waals surface area contributed by atoms with Gasteiger partial charge >= 0.3 is 6.09 Å². The first-order valence-electron chi connectivity index (χ1n) is 12.5. The van der Waals surface area contributed by atoms with Crippen molar-refractivity contribution in [3.8, 4) is 33.5 Å². The van der Waals surface area contributed by atoms with E-state index in [1.54, 1.807) is 4.90 Å². The maximum atomic E-state index is 12.7. The van der Waals surface area contributed by atoms with Crippen LogP contribution in [0.5, 0.6) is 0 Å². The molecule has 0 saturated carbocycles. The lowest BCUT2D eigenvalue weighted by Crippen LogP contribution is -2.40. The summed E-state index contributed by atoms with van der Waals surface area (Å²) in [7, 11) is 1.28. The second kappa shape index (κ2) is 10.7. The van der Waals surface area contributed by atoms with Gasteiger partial charge in [-0.05, 0) is 59.7 Å². The highest BCUT2D eigenvalue weighted by molar-refractivity contribution is 5.83. The van der Waals surface area contributed by atoms with Crippen molar-refractivity contribution >= 4 is 12.0 Å². The van der Waals surface area contributed by atoms with Gasteiger partial charge in [0.1, 0.15) is 12.4 Å². The van der Waals surface area contributed by atoms with Crippen LogP contribution in [0.4, 0.5) is 4.79 Å². The number of carbonyl (C=O) groups is 2. The van der Waals surface area contributed by atoms with Gasteiger partial charge < -0.3 is 19.9 Å². The van der Waals surface area contributed by atoms with Gasteiger partial charge in [-0.1, -0.05) is 60.7 Å². The van der Waals surface area contributed by atoms with Gasteiger partial charge in [-0.25, -0.2) is 9.78 Å². The lowest BCUT2D eigenvalue weighted by molar-refractivity contribution is -0.131. The fourth-order valence-electron chi connectivity index (χ4n) is 4.92. The zero-order valence-corrected chi connectivity index (χ0v) is 21.0. The number of benzene rings is 3. The van der Waals surface area contributed by atoms with Crippen molar-refractivity contribution in [2.24, 2.45) is 0 Å². The number of amides is 2. The molecule has 0 spiro atoms. The maximum absolute atomic E-state index is 12.7. The summed E-state index contributed by atoms with van der Waals surface area (Å²) in [6.45, 7) is 2.66. The summed E-state index contributed by atoms with van der Waals surface area (Å²) in [5, 5.41) is 2.47. The lowest BCUT2D eigenvalue weighted by Gasteiger charge is -2.23. The molecule has 4 aromatic rings. The van der Waals surface area contributed by atoms with Crippen molar-refractivity contribution in [1.29, 1.82) is 0 Å². The van der Waals surface area contributed by atoms with E-state index in [1.165, 1.54) is 23.8 Å². The molecule has 2 N–H and O–H groups in total. The lowest BCUT2D eigenvalue weighted by atomic mass is 9.94. The fourth-order valence-corrected chi connectivity index (χ4v) is 4.92. The number of aryl methyl sites for hydroxylation is 1. The Morgan fingerprint density at radius 3 is 2.59 bits per heavy atom. The summed E-state index contributed by atoms with van der Waals surface area (Å²) in [6, 6.07) is 25.2.